The highest BCUT2D eigenvalue weighted by atomic mass is 16.6. The molecule has 0 radical (unpaired) electrons. The molecule has 0 saturated heterocycles. The van der Waals surface area contributed by atoms with Gasteiger partial charge in [-0.25, -0.2) is 0 Å². The van der Waals surface area contributed by atoms with Gasteiger partial charge < -0.3 is 14.3 Å². The third kappa shape index (κ3) is 2.79. The van der Waals surface area contributed by atoms with Gasteiger partial charge in [0.15, 0.2) is 0 Å². The first-order valence-electron chi connectivity index (χ1n) is 4.07. The summed E-state index contributed by atoms with van der Waals surface area (Å²) in [5.41, 5.74) is 1.02. The summed E-state index contributed by atoms with van der Waals surface area (Å²) in [7, 11) is 1.66. The molecule has 1 aliphatic heterocycles. The third-order valence-corrected chi connectivity index (χ3v) is 1.83. The molecular formula is C8H15NO3. The van der Waals surface area contributed by atoms with E-state index in [2.05, 4.69) is 5.16 Å². The summed E-state index contributed by atoms with van der Waals surface area (Å²) in [5.74, 6) is 0.335. The average Bonchev–Trinajstić information content (AvgIpc) is 2.46. The first kappa shape index (κ1) is 9.48. The summed E-state index contributed by atoms with van der Waals surface area (Å²) >= 11 is 0. The molecule has 0 fully saturated rings. The lowest BCUT2D eigenvalue weighted by Gasteiger charge is -2.07. The van der Waals surface area contributed by atoms with E-state index in [4.69, 9.17) is 14.3 Å². The smallest absolute Gasteiger partial charge is 0.127 e. The summed E-state index contributed by atoms with van der Waals surface area (Å²) < 4.78 is 10.2. The fourth-order valence-electron chi connectivity index (χ4n) is 0.961. The van der Waals surface area contributed by atoms with Gasteiger partial charge in [0.25, 0.3) is 0 Å². The molecule has 4 heteroatoms. The van der Waals surface area contributed by atoms with E-state index in [1.807, 2.05) is 6.92 Å². The Morgan fingerprint density at radius 3 is 3.00 bits per heavy atom. The van der Waals surface area contributed by atoms with E-state index in [1.54, 1.807) is 7.11 Å². The highest BCUT2D eigenvalue weighted by molar-refractivity contribution is 5.85. The van der Waals surface area contributed by atoms with Gasteiger partial charge in [0.05, 0.1) is 31.5 Å². The van der Waals surface area contributed by atoms with Crippen molar-refractivity contribution in [3.05, 3.63) is 0 Å². The highest BCUT2D eigenvalue weighted by Gasteiger charge is 2.19. The summed E-state index contributed by atoms with van der Waals surface area (Å²) in [4.78, 5) is 4.90. The topological polar surface area (TPSA) is 40.0 Å². The molecule has 1 heterocycles. The van der Waals surface area contributed by atoms with Gasteiger partial charge in [-0.3, -0.25) is 0 Å². The van der Waals surface area contributed by atoms with Crippen LogP contribution in [0.25, 0.3) is 0 Å². The second kappa shape index (κ2) is 5.11. The van der Waals surface area contributed by atoms with Crippen molar-refractivity contribution in [1.82, 2.24) is 0 Å². The lowest BCUT2D eigenvalue weighted by atomic mass is 10.1. The number of ether oxygens (including phenoxy) is 2. The van der Waals surface area contributed by atoms with Gasteiger partial charge in [0, 0.05) is 7.11 Å². The second-order valence-corrected chi connectivity index (χ2v) is 2.79. The molecule has 1 aliphatic rings. The van der Waals surface area contributed by atoms with Gasteiger partial charge in [0.1, 0.15) is 6.61 Å². The van der Waals surface area contributed by atoms with Crippen LogP contribution in [-0.2, 0) is 14.3 Å². The Kier molecular flexibility index (Phi) is 4.04. The maximum atomic E-state index is 5.34. The molecule has 1 atom stereocenters. The molecule has 0 aromatic carbocycles. The van der Waals surface area contributed by atoms with Crippen molar-refractivity contribution in [2.24, 2.45) is 11.1 Å². The van der Waals surface area contributed by atoms with Crippen LogP contribution in [0.4, 0.5) is 0 Å². The highest BCUT2D eigenvalue weighted by Crippen LogP contribution is 2.09. The Morgan fingerprint density at radius 2 is 2.42 bits per heavy atom. The number of hydrogen-bond donors (Lipinski definition) is 0. The zero-order valence-corrected chi connectivity index (χ0v) is 7.58. The van der Waals surface area contributed by atoms with E-state index in [9.17, 15) is 0 Å². The molecule has 70 valence electrons. The van der Waals surface area contributed by atoms with Crippen LogP contribution < -0.4 is 0 Å². The Bertz CT molecular complexity index is 158. The van der Waals surface area contributed by atoms with Crippen LogP contribution in [0, 0.1) is 5.92 Å². The number of hydrogen-bond acceptors (Lipinski definition) is 4. The molecule has 0 bridgehead atoms. The molecule has 0 N–H and O–H groups in total. The minimum absolute atomic E-state index is 0.335. The maximum absolute atomic E-state index is 5.34. The average molecular weight is 173 g/mol. The monoisotopic (exact) mass is 173 g/mol. The van der Waals surface area contributed by atoms with Crippen LogP contribution in [-0.4, -0.2) is 39.2 Å². The Hall–Kier alpha value is -0.610. The van der Waals surface area contributed by atoms with Crippen LogP contribution >= 0.6 is 0 Å². The fraction of sp³-hybridized carbons (Fsp3) is 0.875. The van der Waals surface area contributed by atoms with Crippen LogP contribution in [0.1, 0.15) is 6.92 Å². The van der Waals surface area contributed by atoms with Crippen LogP contribution in [0.2, 0.25) is 0 Å². The van der Waals surface area contributed by atoms with Crippen molar-refractivity contribution in [3.63, 3.8) is 0 Å². The van der Waals surface area contributed by atoms with Gasteiger partial charge in [-0.2, -0.15) is 0 Å². The predicted molar refractivity (Wildman–Crippen MR) is 45.2 cm³/mol. The molecule has 1 unspecified atom stereocenters. The maximum Gasteiger partial charge on any atom is 0.127 e. The molecule has 0 amide bonds. The van der Waals surface area contributed by atoms with E-state index in [-0.39, 0.29) is 0 Å². The summed E-state index contributed by atoms with van der Waals surface area (Å²) in [6.45, 7) is 4.57. The van der Waals surface area contributed by atoms with Crippen molar-refractivity contribution in [2.75, 3.05) is 33.5 Å². The minimum atomic E-state index is 0.335. The molecule has 4 nitrogen and oxygen atoms in total. The largest absolute Gasteiger partial charge is 0.395 e. The Morgan fingerprint density at radius 1 is 1.58 bits per heavy atom. The van der Waals surface area contributed by atoms with Crippen LogP contribution in [0.15, 0.2) is 5.16 Å². The van der Waals surface area contributed by atoms with Gasteiger partial charge in [0.2, 0.25) is 0 Å². The predicted octanol–water partition coefficient (Wildman–Crippen LogP) is 0.672. The normalized spacial score (nSPS) is 22.2. The van der Waals surface area contributed by atoms with Gasteiger partial charge in [-0.1, -0.05) is 5.16 Å². The van der Waals surface area contributed by atoms with Crippen molar-refractivity contribution < 1.29 is 14.3 Å². The molecule has 0 aromatic rings. The quantitative estimate of drug-likeness (QED) is 0.574. The Labute approximate surface area is 72.5 Å². The van der Waals surface area contributed by atoms with Crippen molar-refractivity contribution in [3.8, 4) is 0 Å². The van der Waals surface area contributed by atoms with E-state index in [0.717, 1.165) is 5.71 Å². The SMILES string of the molecule is COCCOCC1CON=C1C. The van der Waals surface area contributed by atoms with E-state index >= 15 is 0 Å². The fourth-order valence-corrected chi connectivity index (χ4v) is 0.961. The van der Waals surface area contributed by atoms with Crippen molar-refractivity contribution >= 4 is 5.71 Å². The minimum Gasteiger partial charge on any atom is -0.395 e. The number of methoxy groups -OCH3 is 1. The van der Waals surface area contributed by atoms with Crippen LogP contribution in [0.5, 0.6) is 0 Å². The lowest BCUT2D eigenvalue weighted by molar-refractivity contribution is 0.0486. The third-order valence-electron chi connectivity index (χ3n) is 1.83. The molecule has 12 heavy (non-hydrogen) atoms. The van der Waals surface area contributed by atoms with Gasteiger partial charge in [-0.15, -0.1) is 0 Å². The van der Waals surface area contributed by atoms with E-state index < -0.39 is 0 Å². The summed E-state index contributed by atoms with van der Waals surface area (Å²) in [6.07, 6.45) is 0. The van der Waals surface area contributed by atoms with E-state index in [1.165, 1.54) is 0 Å². The second-order valence-electron chi connectivity index (χ2n) is 2.79. The molecule has 0 spiro atoms. The van der Waals surface area contributed by atoms with Gasteiger partial charge in [-0.05, 0) is 6.92 Å². The first-order chi connectivity index (χ1) is 5.84. The van der Waals surface area contributed by atoms with Crippen molar-refractivity contribution in [1.29, 1.82) is 0 Å². The molecule has 1 rings (SSSR count). The lowest BCUT2D eigenvalue weighted by Crippen LogP contribution is -2.18. The number of oxime groups is 1. The number of nitrogens with zero attached hydrogens (tertiary/aromatic N) is 1. The standard InChI is InChI=1S/C8H15NO3/c1-7-8(6-12-9-7)5-11-4-3-10-2/h8H,3-6H2,1-2H3. The van der Waals surface area contributed by atoms with Crippen LogP contribution in [0.3, 0.4) is 0 Å². The summed E-state index contributed by atoms with van der Waals surface area (Å²) in [6, 6.07) is 0. The zero-order valence-electron chi connectivity index (χ0n) is 7.58. The Balaban J connectivity index is 2.03. The van der Waals surface area contributed by atoms with Gasteiger partial charge >= 0.3 is 0 Å². The molecule has 0 saturated carbocycles. The first-order valence-corrected chi connectivity index (χ1v) is 4.07. The zero-order chi connectivity index (χ0) is 8.81. The molecule has 0 aromatic heterocycles. The van der Waals surface area contributed by atoms with E-state index in [0.29, 0.717) is 32.3 Å². The molecular weight excluding hydrogens is 158 g/mol. The summed E-state index contributed by atoms with van der Waals surface area (Å²) in [5, 5.41) is 3.82. The number of rotatable bonds is 5. The van der Waals surface area contributed by atoms with Crippen molar-refractivity contribution in [2.45, 2.75) is 6.92 Å². The molecule has 0 aliphatic carbocycles.